The number of hydrogen-bond acceptors (Lipinski definition) is 3. The van der Waals surface area contributed by atoms with E-state index in [9.17, 15) is 9.59 Å². The molecule has 2 amide bonds. The van der Waals surface area contributed by atoms with Crippen LogP contribution in [0.5, 0.6) is 0 Å². The van der Waals surface area contributed by atoms with Gasteiger partial charge in [-0.2, -0.15) is 0 Å². The van der Waals surface area contributed by atoms with Gasteiger partial charge >= 0.3 is 0 Å². The molecule has 0 atom stereocenters. The van der Waals surface area contributed by atoms with E-state index < -0.39 is 0 Å². The number of nitrogens with one attached hydrogen (secondary N) is 2. The van der Waals surface area contributed by atoms with Gasteiger partial charge in [-0.1, -0.05) is 0 Å². The average molecular weight is 170 g/mol. The van der Waals surface area contributed by atoms with Crippen LogP contribution in [0.2, 0.25) is 0 Å². The van der Waals surface area contributed by atoms with Gasteiger partial charge in [0.1, 0.15) is 0 Å². The summed E-state index contributed by atoms with van der Waals surface area (Å²) in [5.41, 5.74) is 1.28. The molecule has 12 heavy (non-hydrogen) atoms. The Kier molecular flexibility index (Phi) is 4.04. The second kappa shape index (κ2) is 4.54. The highest BCUT2D eigenvalue weighted by Gasteiger charge is 2.07. The zero-order chi connectivity index (χ0) is 9.72. The second-order valence-electron chi connectivity index (χ2n) is 2.51. The molecule has 0 rings (SSSR count). The van der Waals surface area contributed by atoms with Crippen molar-refractivity contribution in [2.75, 3.05) is 7.05 Å². The summed E-state index contributed by atoms with van der Waals surface area (Å²) in [6.07, 6.45) is 0. The van der Waals surface area contributed by atoms with Gasteiger partial charge in [-0.15, -0.1) is 0 Å². The Morgan fingerprint density at radius 2 is 1.58 bits per heavy atom. The zero-order valence-corrected chi connectivity index (χ0v) is 7.82. The highest BCUT2D eigenvalue weighted by Crippen LogP contribution is 1.98. The quantitative estimate of drug-likeness (QED) is 0.580. The lowest BCUT2D eigenvalue weighted by Gasteiger charge is -2.05. The summed E-state index contributed by atoms with van der Waals surface area (Å²) in [6, 6.07) is 0. The van der Waals surface area contributed by atoms with Gasteiger partial charge in [0.2, 0.25) is 5.91 Å². The molecule has 0 heterocycles. The first-order valence-corrected chi connectivity index (χ1v) is 3.66. The molecule has 0 radical (unpaired) electrons. The Hall–Kier alpha value is -1.32. The molecule has 0 fully saturated rings. The van der Waals surface area contributed by atoms with Gasteiger partial charge in [-0.3, -0.25) is 14.9 Å². The second-order valence-corrected chi connectivity index (χ2v) is 2.51. The Morgan fingerprint density at radius 3 is 1.92 bits per heavy atom. The lowest BCUT2D eigenvalue weighted by Crippen LogP contribution is -2.30. The Balaban J connectivity index is 4.39. The minimum Gasteiger partial charge on any atom is -0.391 e. The number of carbonyl (C=O) groups excluding carboxylic acids is 2. The van der Waals surface area contributed by atoms with Gasteiger partial charge in [0.15, 0.2) is 0 Å². The first-order valence-electron chi connectivity index (χ1n) is 3.66. The van der Waals surface area contributed by atoms with E-state index in [1.807, 2.05) is 0 Å². The van der Waals surface area contributed by atoms with Crippen LogP contribution in [0.1, 0.15) is 20.8 Å². The number of imide groups is 1. The maximum Gasteiger partial charge on any atom is 0.255 e. The van der Waals surface area contributed by atoms with Gasteiger partial charge in [0, 0.05) is 25.2 Å². The largest absolute Gasteiger partial charge is 0.391 e. The Labute approximate surface area is 72.0 Å². The third-order valence-corrected chi connectivity index (χ3v) is 1.57. The Bertz CT molecular complexity index is 231. The molecule has 0 aliphatic heterocycles. The van der Waals surface area contributed by atoms with Crippen molar-refractivity contribution in [3.63, 3.8) is 0 Å². The van der Waals surface area contributed by atoms with Crippen LogP contribution in [-0.2, 0) is 9.59 Å². The number of hydrogen-bond donors (Lipinski definition) is 2. The molecule has 4 nitrogen and oxygen atoms in total. The Morgan fingerprint density at radius 1 is 1.08 bits per heavy atom. The van der Waals surface area contributed by atoms with Gasteiger partial charge in [-0.25, -0.2) is 0 Å². The van der Waals surface area contributed by atoms with Crippen LogP contribution < -0.4 is 10.6 Å². The summed E-state index contributed by atoms with van der Waals surface area (Å²) in [4.78, 5) is 21.6. The minimum atomic E-state index is -0.352. The highest BCUT2D eigenvalue weighted by molar-refractivity contribution is 6.03. The standard InChI is InChI=1S/C8H14N2O2/c1-5(6(2)9-4)8(12)10-7(3)11/h9H,1-4H3,(H,10,11,12)/b6-5-. The lowest BCUT2D eigenvalue weighted by molar-refractivity contribution is -0.127. The van der Waals surface area contributed by atoms with E-state index in [1.165, 1.54) is 6.92 Å². The van der Waals surface area contributed by atoms with E-state index in [0.29, 0.717) is 5.57 Å². The van der Waals surface area contributed by atoms with Gasteiger partial charge < -0.3 is 5.32 Å². The first-order chi connectivity index (χ1) is 5.49. The zero-order valence-electron chi connectivity index (χ0n) is 7.82. The van der Waals surface area contributed by atoms with E-state index in [0.717, 1.165) is 5.70 Å². The van der Waals surface area contributed by atoms with Crippen LogP contribution in [0, 0.1) is 0 Å². The molecule has 0 saturated heterocycles. The third kappa shape index (κ3) is 3.18. The smallest absolute Gasteiger partial charge is 0.255 e. The van der Waals surface area contributed by atoms with E-state index in [1.54, 1.807) is 20.9 Å². The molecule has 0 saturated carbocycles. The molecule has 68 valence electrons. The van der Waals surface area contributed by atoms with Crippen LogP contribution >= 0.6 is 0 Å². The normalized spacial score (nSPS) is 11.7. The lowest BCUT2D eigenvalue weighted by atomic mass is 10.2. The maximum absolute atomic E-state index is 11.1. The fourth-order valence-corrected chi connectivity index (χ4v) is 0.611. The van der Waals surface area contributed by atoms with Crippen molar-refractivity contribution >= 4 is 11.8 Å². The molecule has 0 aliphatic carbocycles. The predicted octanol–water partition coefficient (Wildman–Crippen LogP) is 0.162. The maximum atomic E-state index is 11.1. The molecular weight excluding hydrogens is 156 g/mol. The molecule has 0 aromatic carbocycles. The van der Waals surface area contributed by atoms with Crippen molar-refractivity contribution in [3.05, 3.63) is 11.3 Å². The summed E-state index contributed by atoms with van der Waals surface area (Å²) in [7, 11) is 1.72. The topological polar surface area (TPSA) is 58.2 Å². The monoisotopic (exact) mass is 170 g/mol. The van der Waals surface area contributed by atoms with Crippen molar-refractivity contribution in [2.24, 2.45) is 0 Å². The van der Waals surface area contributed by atoms with Crippen molar-refractivity contribution in [1.29, 1.82) is 0 Å². The molecule has 4 heteroatoms. The molecule has 0 aromatic rings. The summed E-state index contributed by atoms with van der Waals surface area (Å²) in [5, 5.41) is 5.01. The van der Waals surface area contributed by atoms with Crippen molar-refractivity contribution < 1.29 is 9.59 Å². The fourth-order valence-electron chi connectivity index (χ4n) is 0.611. The number of carbonyl (C=O) groups is 2. The number of amides is 2. The summed E-state index contributed by atoms with van der Waals surface area (Å²) in [6.45, 7) is 4.74. The highest BCUT2D eigenvalue weighted by atomic mass is 16.2. The van der Waals surface area contributed by atoms with Crippen LogP contribution in [0.15, 0.2) is 11.3 Å². The molecule has 2 N–H and O–H groups in total. The van der Waals surface area contributed by atoms with Crippen LogP contribution in [0.4, 0.5) is 0 Å². The number of rotatable bonds is 2. The van der Waals surface area contributed by atoms with Crippen LogP contribution in [-0.4, -0.2) is 18.9 Å². The van der Waals surface area contributed by atoms with Crippen molar-refractivity contribution in [2.45, 2.75) is 20.8 Å². The molecular formula is C8H14N2O2. The molecule has 0 aliphatic rings. The van der Waals surface area contributed by atoms with Gasteiger partial charge in [0.05, 0.1) is 0 Å². The van der Waals surface area contributed by atoms with E-state index in [4.69, 9.17) is 0 Å². The van der Waals surface area contributed by atoms with Crippen LogP contribution in [0.25, 0.3) is 0 Å². The summed E-state index contributed by atoms with van der Waals surface area (Å²) >= 11 is 0. The summed E-state index contributed by atoms with van der Waals surface area (Å²) in [5.74, 6) is -0.697. The molecule has 0 spiro atoms. The average Bonchev–Trinajstić information content (AvgIpc) is 2.00. The van der Waals surface area contributed by atoms with Gasteiger partial charge in [-0.05, 0) is 13.8 Å². The third-order valence-electron chi connectivity index (χ3n) is 1.57. The first kappa shape index (κ1) is 10.7. The van der Waals surface area contributed by atoms with Crippen molar-refractivity contribution in [3.8, 4) is 0 Å². The fraction of sp³-hybridized carbons (Fsp3) is 0.500. The van der Waals surface area contributed by atoms with E-state index >= 15 is 0 Å². The molecule has 0 bridgehead atoms. The molecule has 0 aromatic heterocycles. The SMILES string of the molecule is CN/C(C)=C(/C)C(=O)NC(C)=O. The summed E-state index contributed by atoms with van der Waals surface area (Å²) < 4.78 is 0. The van der Waals surface area contributed by atoms with E-state index in [-0.39, 0.29) is 11.8 Å². The van der Waals surface area contributed by atoms with Crippen molar-refractivity contribution in [1.82, 2.24) is 10.6 Å². The number of allylic oxidation sites excluding steroid dienone is 1. The molecule has 0 unspecified atom stereocenters. The van der Waals surface area contributed by atoms with Gasteiger partial charge in [0.25, 0.3) is 5.91 Å². The van der Waals surface area contributed by atoms with E-state index in [2.05, 4.69) is 10.6 Å². The predicted molar refractivity (Wildman–Crippen MR) is 46.3 cm³/mol. The van der Waals surface area contributed by atoms with Crippen LogP contribution in [0.3, 0.4) is 0 Å². The minimum absolute atomic E-state index is 0.344.